The standard InChI is InChI=1S/C10H13NO3/c12-5-9-7-14-10(11-9)4-8-2-1-3-13-6-8/h5,7-8H,1-4,6H2. The highest BCUT2D eigenvalue weighted by Gasteiger charge is 2.16. The summed E-state index contributed by atoms with van der Waals surface area (Å²) in [7, 11) is 0. The molecule has 4 nitrogen and oxygen atoms in total. The van der Waals surface area contributed by atoms with Gasteiger partial charge in [-0.1, -0.05) is 0 Å². The Balaban J connectivity index is 1.92. The molecule has 0 spiro atoms. The number of carbonyl (C=O) groups excluding carboxylic acids is 1. The highest BCUT2D eigenvalue weighted by molar-refractivity contribution is 5.70. The minimum absolute atomic E-state index is 0.372. The molecule has 1 aliphatic rings. The molecule has 0 radical (unpaired) electrons. The molecule has 1 aromatic rings. The van der Waals surface area contributed by atoms with Crippen molar-refractivity contribution in [2.75, 3.05) is 13.2 Å². The largest absolute Gasteiger partial charge is 0.448 e. The van der Waals surface area contributed by atoms with Crippen molar-refractivity contribution >= 4 is 6.29 Å². The third-order valence-electron chi connectivity index (χ3n) is 2.41. The monoisotopic (exact) mass is 195 g/mol. The Bertz CT molecular complexity index is 302. The second-order valence-electron chi connectivity index (χ2n) is 3.57. The van der Waals surface area contributed by atoms with Gasteiger partial charge in [-0.05, 0) is 18.8 Å². The lowest BCUT2D eigenvalue weighted by Crippen LogP contribution is -2.19. The van der Waals surface area contributed by atoms with E-state index in [9.17, 15) is 4.79 Å². The first-order chi connectivity index (χ1) is 6.88. The Labute approximate surface area is 82.3 Å². The van der Waals surface area contributed by atoms with Gasteiger partial charge in [0, 0.05) is 19.6 Å². The van der Waals surface area contributed by atoms with Crippen LogP contribution in [0.3, 0.4) is 0 Å². The van der Waals surface area contributed by atoms with Crippen molar-refractivity contribution in [1.82, 2.24) is 4.98 Å². The van der Waals surface area contributed by atoms with Crippen LogP contribution in [0.15, 0.2) is 10.7 Å². The van der Waals surface area contributed by atoms with Gasteiger partial charge in [-0.3, -0.25) is 4.79 Å². The van der Waals surface area contributed by atoms with E-state index in [2.05, 4.69) is 4.98 Å². The maximum Gasteiger partial charge on any atom is 0.195 e. The quantitative estimate of drug-likeness (QED) is 0.685. The van der Waals surface area contributed by atoms with Gasteiger partial charge in [-0.15, -0.1) is 0 Å². The first-order valence-electron chi connectivity index (χ1n) is 4.86. The zero-order valence-electron chi connectivity index (χ0n) is 7.94. The zero-order chi connectivity index (χ0) is 9.80. The summed E-state index contributed by atoms with van der Waals surface area (Å²) in [6.45, 7) is 1.64. The number of carbonyl (C=O) groups is 1. The number of hydrogen-bond acceptors (Lipinski definition) is 4. The lowest BCUT2D eigenvalue weighted by molar-refractivity contribution is 0.0526. The minimum atomic E-state index is 0.372. The van der Waals surface area contributed by atoms with Crippen LogP contribution >= 0.6 is 0 Å². The zero-order valence-corrected chi connectivity index (χ0v) is 7.94. The molecule has 0 bridgehead atoms. The fourth-order valence-corrected chi connectivity index (χ4v) is 1.69. The van der Waals surface area contributed by atoms with E-state index in [1.165, 1.54) is 6.26 Å². The topological polar surface area (TPSA) is 52.3 Å². The number of rotatable bonds is 3. The van der Waals surface area contributed by atoms with Gasteiger partial charge in [0.15, 0.2) is 12.2 Å². The van der Waals surface area contributed by atoms with Gasteiger partial charge in [-0.2, -0.15) is 0 Å². The van der Waals surface area contributed by atoms with Crippen molar-refractivity contribution in [2.24, 2.45) is 5.92 Å². The van der Waals surface area contributed by atoms with Crippen LogP contribution in [0.1, 0.15) is 29.2 Å². The molecule has 2 rings (SSSR count). The van der Waals surface area contributed by atoms with Crippen molar-refractivity contribution in [3.8, 4) is 0 Å². The van der Waals surface area contributed by atoms with Crippen LogP contribution < -0.4 is 0 Å². The van der Waals surface area contributed by atoms with E-state index in [4.69, 9.17) is 9.15 Å². The van der Waals surface area contributed by atoms with Gasteiger partial charge in [-0.25, -0.2) is 4.98 Å². The van der Waals surface area contributed by atoms with Gasteiger partial charge < -0.3 is 9.15 Å². The Morgan fingerprint density at radius 3 is 3.21 bits per heavy atom. The highest BCUT2D eigenvalue weighted by Crippen LogP contribution is 2.18. The van der Waals surface area contributed by atoms with Crippen LogP contribution in [0, 0.1) is 5.92 Å². The highest BCUT2D eigenvalue weighted by atomic mass is 16.5. The number of ether oxygens (including phenoxy) is 1. The smallest absolute Gasteiger partial charge is 0.195 e. The van der Waals surface area contributed by atoms with E-state index in [-0.39, 0.29) is 0 Å². The van der Waals surface area contributed by atoms with Crippen LogP contribution in [0.5, 0.6) is 0 Å². The van der Waals surface area contributed by atoms with Crippen LogP contribution in [0.2, 0.25) is 0 Å². The Morgan fingerprint density at radius 1 is 1.64 bits per heavy atom. The molecular formula is C10H13NO3. The summed E-state index contributed by atoms with van der Waals surface area (Å²) in [5, 5.41) is 0. The van der Waals surface area contributed by atoms with Crippen molar-refractivity contribution in [2.45, 2.75) is 19.3 Å². The maximum atomic E-state index is 10.4. The van der Waals surface area contributed by atoms with Crippen LogP contribution in [-0.2, 0) is 11.2 Å². The average Bonchev–Trinajstić information content (AvgIpc) is 2.67. The summed E-state index contributed by atoms with van der Waals surface area (Å²) in [6.07, 6.45) is 5.12. The molecule has 14 heavy (non-hydrogen) atoms. The third-order valence-corrected chi connectivity index (χ3v) is 2.41. The second-order valence-corrected chi connectivity index (χ2v) is 3.57. The first kappa shape index (κ1) is 9.40. The Kier molecular flexibility index (Phi) is 2.93. The van der Waals surface area contributed by atoms with E-state index in [1.807, 2.05) is 0 Å². The molecule has 76 valence electrons. The molecule has 1 atom stereocenters. The average molecular weight is 195 g/mol. The number of hydrogen-bond donors (Lipinski definition) is 0. The molecule has 4 heteroatoms. The van der Waals surface area contributed by atoms with Gasteiger partial charge in [0.25, 0.3) is 0 Å². The predicted octanol–water partition coefficient (Wildman–Crippen LogP) is 1.46. The van der Waals surface area contributed by atoms with Gasteiger partial charge >= 0.3 is 0 Å². The van der Waals surface area contributed by atoms with E-state index >= 15 is 0 Å². The molecule has 1 fully saturated rings. The SMILES string of the molecule is O=Cc1coc(CC2CCCOC2)n1. The van der Waals surface area contributed by atoms with E-state index in [0.29, 0.717) is 23.8 Å². The molecule has 1 aromatic heterocycles. The second kappa shape index (κ2) is 4.37. The molecule has 1 unspecified atom stereocenters. The fraction of sp³-hybridized carbons (Fsp3) is 0.600. The summed E-state index contributed by atoms with van der Waals surface area (Å²) in [5.41, 5.74) is 0.372. The van der Waals surface area contributed by atoms with E-state index in [1.54, 1.807) is 0 Å². The number of aldehydes is 1. The number of aromatic nitrogens is 1. The van der Waals surface area contributed by atoms with Crippen LogP contribution in [0.4, 0.5) is 0 Å². The normalized spacial score (nSPS) is 22.1. The number of oxazole rings is 1. The summed E-state index contributed by atoms with van der Waals surface area (Å²) >= 11 is 0. The van der Waals surface area contributed by atoms with Gasteiger partial charge in [0.1, 0.15) is 12.0 Å². The van der Waals surface area contributed by atoms with E-state index in [0.717, 1.165) is 32.5 Å². The molecular weight excluding hydrogens is 182 g/mol. The maximum absolute atomic E-state index is 10.4. The lowest BCUT2D eigenvalue weighted by atomic mass is 9.99. The van der Waals surface area contributed by atoms with E-state index < -0.39 is 0 Å². The Morgan fingerprint density at radius 2 is 2.57 bits per heavy atom. The van der Waals surface area contributed by atoms with Crippen molar-refractivity contribution < 1.29 is 13.9 Å². The molecule has 1 aliphatic heterocycles. The van der Waals surface area contributed by atoms with Crippen molar-refractivity contribution in [1.29, 1.82) is 0 Å². The molecule has 0 aliphatic carbocycles. The molecule has 0 saturated carbocycles. The Hall–Kier alpha value is -1.16. The lowest BCUT2D eigenvalue weighted by Gasteiger charge is -2.20. The molecule has 0 amide bonds. The fourth-order valence-electron chi connectivity index (χ4n) is 1.69. The van der Waals surface area contributed by atoms with Crippen molar-refractivity contribution in [3.63, 3.8) is 0 Å². The van der Waals surface area contributed by atoms with Crippen molar-refractivity contribution in [3.05, 3.63) is 17.8 Å². The van der Waals surface area contributed by atoms with Gasteiger partial charge in [0.05, 0.1) is 0 Å². The number of nitrogens with zero attached hydrogens (tertiary/aromatic N) is 1. The minimum Gasteiger partial charge on any atom is -0.448 e. The summed E-state index contributed by atoms with van der Waals surface area (Å²) < 4.78 is 10.5. The van der Waals surface area contributed by atoms with Crippen LogP contribution in [0.25, 0.3) is 0 Å². The molecule has 2 heterocycles. The summed E-state index contributed by atoms with van der Waals surface area (Å²) in [5.74, 6) is 1.13. The third kappa shape index (κ3) is 2.20. The summed E-state index contributed by atoms with van der Waals surface area (Å²) in [6, 6.07) is 0. The van der Waals surface area contributed by atoms with Crippen LogP contribution in [-0.4, -0.2) is 24.5 Å². The van der Waals surface area contributed by atoms with Gasteiger partial charge in [0.2, 0.25) is 0 Å². The molecule has 1 saturated heterocycles. The summed E-state index contributed by atoms with van der Waals surface area (Å²) in [4.78, 5) is 14.4. The predicted molar refractivity (Wildman–Crippen MR) is 49.1 cm³/mol. The molecule has 0 aromatic carbocycles. The molecule has 0 N–H and O–H groups in total. The first-order valence-corrected chi connectivity index (χ1v) is 4.86.